The summed E-state index contributed by atoms with van der Waals surface area (Å²) < 4.78 is 0. The van der Waals surface area contributed by atoms with E-state index in [9.17, 15) is 19.2 Å². The van der Waals surface area contributed by atoms with E-state index in [0.717, 1.165) is 27.2 Å². The first kappa shape index (κ1) is 29.1. The van der Waals surface area contributed by atoms with E-state index in [0.29, 0.717) is 11.4 Å². The summed E-state index contributed by atoms with van der Waals surface area (Å²) in [5.41, 5.74) is 5.42. The highest BCUT2D eigenvalue weighted by Gasteiger charge is 2.37. The first-order chi connectivity index (χ1) is 23.0. The van der Waals surface area contributed by atoms with E-state index in [-0.39, 0.29) is 27.9 Å². The zero-order valence-electron chi connectivity index (χ0n) is 25.0. The number of benzene rings is 6. The molecule has 2 N–H and O–H groups in total. The molecule has 7 nitrogen and oxygen atoms in total. The van der Waals surface area contributed by atoms with Crippen molar-refractivity contribution in [1.29, 1.82) is 0 Å². The summed E-state index contributed by atoms with van der Waals surface area (Å²) in [7, 11) is 0. The number of hydrogen-bond donors (Lipinski definition) is 2. The van der Waals surface area contributed by atoms with Crippen LogP contribution in [0.2, 0.25) is 0 Å². The molecular weight excluding hydrogens is 586 g/mol. The monoisotopic (exact) mass is 613 g/mol. The van der Waals surface area contributed by atoms with Crippen LogP contribution in [0.3, 0.4) is 0 Å². The summed E-state index contributed by atoms with van der Waals surface area (Å²) in [6.07, 6.45) is 0. The van der Waals surface area contributed by atoms with Crippen LogP contribution in [0.25, 0.3) is 22.3 Å². The molecule has 0 unspecified atom stereocenters. The second-order valence-electron chi connectivity index (χ2n) is 11.0. The van der Waals surface area contributed by atoms with Crippen LogP contribution in [0, 0.1) is 0 Å². The highest BCUT2D eigenvalue weighted by atomic mass is 16.2. The van der Waals surface area contributed by atoms with Crippen molar-refractivity contribution in [2.24, 2.45) is 0 Å². The lowest BCUT2D eigenvalue weighted by Gasteiger charge is -2.18. The predicted octanol–water partition coefficient (Wildman–Crippen LogP) is 8.33. The second kappa shape index (κ2) is 12.4. The number of nitrogens with zero attached hydrogens (tertiary/aromatic N) is 1. The fraction of sp³-hybridized carbons (Fsp3) is 0. The smallest absolute Gasteiger partial charge is 0.266 e. The molecule has 0 aliphatic carbocycles. The van der Waals surface area contributed by atoms with Crippen molar-refractivity contribution in [1.82, 2.24) is 0 Å². The number of anilines is 3. The number of fused-ring (bicyclic) bond motifs is 1. The van der Waals surface area contributed by atoms with Crippen molar-refractivity contribution < 1.29 is 19.2 Å². The van der Waals surface area contributed by atoms with Crippen LogP contribution < -0.4 is 15.5 Å². The van der Waals surface area contributed by atoms with Gasteiger partial charge < -0.3 is 10.6 Å². The number of imide groups is 1. The fourth-order valence-electron chi connectivity index (χ4n) is 5.74. The van der Waals surface area contributed by atoms with Gasteiger partial charge in [0, 0.05) is 33.6 Å². The SMILES string of the molecule is O=C(Nc1ccccc1-c1ccccc1)c1cc(C(=O)Nc2ccccc2-c2ccccc2)cc(N2C(=O)c3ccccc3C2=O)c1. The molecule has 0 bridgehead atoms. The van der Waals surface area contributed by atoms with Crippen molar-refractivity contribution in [3.63, 3.8) is 0 Å². The minimum absolute atomic E-state index is 0.100. The predicted molar refractivity (Wildman–Crippen MR) is 184 cm³/mol. The number of hydrogen-bond acceptors (Lipinski definition) is 4. The first-order valence-electron chi connectivity index (χ1n) is 15.0. The van der Waals surface area contributed by atoms with Crippen LogP contribution in [0.1, 0.15) is 41.4 Å². The Morgan fingerprint density at radius 2 is 0.787 bits per heavy atom. The summed E-state index contributed by atoms with van der Waals surface area (Å²) in [4.78, 5) is 55.7. The number of amides is 4. The van der Waals surface area contributed by atoms with E-state index >= 15 is 0 Å². The quantitative estimate of drug-likeness (QED) is 0.177. The number of rotatable bonds is 7. The van der Waals surface area contributed by atoms with E-state index in [1.165, 1.54) is 18.2 Å². The Labute approximate surface area is 271 Å². The molecule has 0 fully saturated rings. The number of para-hydroxylation sites is 2. The Bertz CT molecular complexity index is 2030. The molecule has 4 amide bonds. The summed E-state index contributed by atoms with van der Waals surface area (Å²) in [6.45, 7) is 0. The molecule has 7 rings (SSSR count). The standard InChI is InChI=1S/C40H27N3O4/c44-37(41-35-21-11-9-17-31(35)26-13-3-1-4-14-26)28-23-29(25-30(24-28)43-39(46)33-19-7-8-20-34(33)40(43)47)38(45)42-36-22-12-10-18-32(36)27-15-5-2-6-16-27/h1-25H,(H,41,44)(H,42,45). The molecule has 6 aromatic carbocycles. The molecule has 0 radical (unpaired) electrons. The van der Waals surface area contributed by atoms with E-state index in [2.05, 4.69) is 10.6 Å². The average Bonchev–Trinajstić information content (AvgIpc) is 3.38. The normalized spacial score (nSPS) is 12.0. The second-order valence-corrected chi connectivity index (χ2v) is 11.0. The Morgan fingerprint density at radius 3 is 1.21 bits per heavy atom. The van der Waals surface area contributed by atoms with Crippen LogP contribution in [-0.4, -0.2) is 23.6 Å². The van der Waals surface area contributed by atoms with Crippen molar-refractivity contribution >= 4 is 40.7 Å². The Balaban J connectivity index is 1.28. The number of nitrogens with one attached hydrogen (secondary N) is 2. The third-order valence-electron chi connectivity index (χ3n) is 8.01. The maximum Gasteiger partial charge on any atom is 0.266 e. The van der Waals surface area contributed by atoms with Crippen LogP contribution >= 0.6 is 0 Å². The van der Waals surface area contributed by atoms with Gasteiger partial charge in [-0.05, 0) is 53.6 Å². The lowest BCUT2D eigenvalue weighted by Crippen LogP contribution is -2.30. The molecular formula is C40H27N3O4. The molecule has 6 aromatic rings. The molecule has 1 heterocycles. The molecule has 1 aliphatic heterocycles. The van der Waals surface area contributed by atoms with E-state index in [1.807, 2.05) is 97.1 Å². The third-order valence-corrected chi connectivity index (χ3v) is 8.01. The fourth-order valence-corrected chi connectivity index (χ4v) is 5.74. The van der Waals surface area contributed by atoms with Gasteiger partial charge in [0.1, 0.15) is 0 Å². The molecule has 0 spiro atoms. The highest BCUT2D eigenvalue weighted by Crippen LogP contribution is 2.33. The van der Waals surface area contributed by atoms with E-state index in [4.69, 9.17) is 0 Å². The maximum atomic E-state index is 13.9. The van der Waals surface area contributed by atoms with Crippen LogP contribution in [0.5, 0.6) is 0 Å². The lowest BCUT2D eigenvalue weighted by atomic mass is 10.0. The van der Waals surface area contributed by atoms with Gasteiger partial charge in [0.25, 0.3) is 23.6 Å². The Morgan fingerprint density at radius 1 is 0.426 bits per heavy atom. The van der Waals surface area contributed by atoms with E-state index < -0.39 is 23.6 Å². The van der Waals surface area contributed by atoms with Gasteiger partial charge in [-0.15, -0.1) is 0 Å². The first-order valence-corrected chi connectivity index (χ1v) is 15.0. The Kier molecular flexibility index (Phi) is 7.70. The lowest BCUT2D eigenvalue weighted by molar-refractivity contribution is 0.0922. The number of carbonyl (C=O) groups is 4. The molecule has 7 heteroatoms. The molecule has 0 saturated carbocycles. The highest BCUT2D eigenvalue weighted by molar-refractivity contribution is 6.34. The van der Waals surface area contributed by atoms with Crippen molar-refractivity contribution in [3.05, 3.63) is 174 Å². The average molecular weight is 614 g/mol. The molecule has 47 heavy (non-hydrogen) atoms. The molecule has 0 saturated heterocycles. The molecule has 0 atom stereocenters. The van der Waals surface area contributed by atoms with Gasteiger partial charge in [0.05, 0.1) is 16.8 Å². The van der Waals surface area contributed by atoms with Crippen molar-refractivity contribution in [2.45, 2.75) is 0 Å². The minimum Gasteiger partial charge on any atom is -0.321 e. The zero-order valence-corrected chi connectivity index (χ0v) is 25.0. The van der Waals surface area contributed by atoms with Gasteiger partial charge in [-0.3, -0.25) is 19.2 Å². The minimum atomic E-state index is -0.529. The molecule has 1 aliphatic rings. The maximum absolute atomic E-state index is 13.9. The summed E-state index contributed by atoms with van der Waals surface area (Å²) in [5.74, 6) is -2.08. The van der Waals surface area contributed by atoms with Crippen molar-refractivity contribution in [2.75, 3.05) is 15.5 Å². The van der Waals surface area contributed by atoms with Gasteiger partial charge >= 0.3 is 0 Å². The van der Waals surface area contributed by atoms with Crippen molar-refractivity contribution in [3.8, 4) is 22.3 Å². The summed E-state index contributed by atoms with van der Waals surface area (Å²) in [5, 5.41) is 5.94. The summed E-state index contributed by atoms with van der Waals surface area (Å²) >= 11 is 0. The van der Waals surface area contributed by atoms with Crippen LogP contribution in [0.4, 0.5) is 17.1 Å². The number of carbonyl (C=O) groups excluding carboxylic acids is 4. The van der Waals surface area contributed by atoms with Crippen LogP contribution in [0.15, 0.2) is 152 Å². The summed E-state index contributed by atoms with van der Waals surface area (Å²) in [6, 6.07) is 45.0. The largest absolute Gasteiger partial charge is 0.321 e. The van der Waals surface area contributed by atoms with Gasteiger partial charge in [-0.2, -0.15) is 0 Å². The van der Waals surface area contributed by atoms with E-state index in [1.54, 1.807) is 36.4 Å². The molecule has 226 valence electrons. The third kappa shape index (κ3) is 5.69. The van der Waals surface area contributed by atoms with Gasteiger partial charge in [0.2, 0.25) is 0 Å². The van der Waals surface area contributed by atoms with Crippen LogP contribution in [-0.2, 0) is 0 Å². The molecule has 0 aromatic heterocycles. The Hall–Kier alpha value is -6.60. The van der Waals surface area contributed by atoms with Gasteiger partial charge in [-0.1, -0.05) is 109 Å². The van der Waals surface area contributed by atoms with Gasteiger partial charge in [0.15, 0.2) is 0 Å². The van der Waals surface area contributed by atoms with Gasteiger partial charge in [-0.25, -0.2) is 4.90 Å². The topological polar surface area (TPSA) is 95.6 Å². The zero-order chi connectivity index (χ0) is 32.3.